The van der Waals surface area contributed by atoms with E-state index in [-0.39, 0.29) is 0 Å². The second kappa shape index (κ2) is 9.08. The number of methoxy groups -OCH3 is 1. The lowest BCUT2D eigenvalue weighted by atomic mass is 10.1. The summed E-state index contributed by atoms with van der Waals surface area (Å²) in [6.07, 6.45) is 0.884. The fourth-order valence-corrected chi connectivity index (χ4v) is 2.88. The quantitative estimate of drug-likeness (QED) is 0.612. The molecule has 3 rings (SSSR count). The highest BCUT2D eigenvalue weighted by Gasteiger charge is 2.04. The van der Waals surface area contributed by atoms with Crippen LogP contribution in [-0.4, -0.2) is 37.7 Å². The van der Waals surface area contributed by atoms with Crippen LogP contribution in [0.25, 0.3) is 0 Å². The van der Waals surface area contributed by atoms with Gasteiger partial charge in [0.2, 0.25) is 0 Å². The third-order valence-electron chi connectivity index (χ3n) is 4.35. The van der Waals surface area contributed by atoms with Crippen LogP contribution in [0.1, 0.15) is 11.4 Å². The van der Waals surface area contributed by atoms with Crippen molar-refractivity contribution in [2.45, 2.75) is 13.3 Å². The Hall–Kier alpha value is -3.28. The van der Waals surface area contributed by atoms with E-state index in [4.69, 9.17) is 4.74 Å². The Morgan fingerprint density at radius 3 is 2.43 bits per heavy atom. The highest BCUT2D eigenvalue weighted by Crippen LogP contribution is 2.21. The predicted octanol–water partition coefficient (Wildman–Crippen LogP) is 4.26. The van der Waals surface area contributed by atoms with Crippen molar-refractivity contribution in [1.82, 2.24) is 9.97 Å². The molecule has 0 bridgehead atoms. The maximum absolute atomic E-state index is 5.28. The Balaban J connectivity index is 1.62. The first kappa shape index (κ1) is 19.5. The van der Waals surface area contributed by atoms with Gasteiger partial charge in [-0.15, -0.1) is 0 Å². The molecular weight excluding hydrogens is 350 g/mol. The van der Waals surface area contributed by atoms with Crippen LogP contribution in [0.4, 0.5) is 23.0 Å². The van der Waals surface area contributed by atoms with E-state index in [1.807, 2.05) is 51.4 Å². The molecule has 1 heterocycles. The molecule has 3 aromatic rings. The SMILES string of the molecule is COc1cccc(CCNc2cc(Nc3ccc(N(C)C)cc3)nc(C)n2)c1. The molecule has 0 saturated heterocycles. The third kappa shape index (κ3) is 5.36. The summed E-state index contributed by atoms with van der Waals surface area (Å²) in [7, 11) is 5.74. The van der Waals surface area contributed by atoms with Gasteiger partial charge < -0.3 is 20.3 Å². The molecule has 146 valence electrons. The van der Waals surface area contributed by atoms with E-state index < -0.39 is 0 Å². The van der Waals surface area contributed by atoms with E-state index in [1.165, 1.54) is 5.56 Å². The minimum absolute atomic E-state index is 0.721. The van der Waals surface area contributed by atoms with Gasteiger partial charge in [0.25, 0.3) is 0 Å². The minimum atomic E-state index is 0.721. The van der Waals surface area contributed by atoms with Crippen LogP contribution >= 0.6 is 0 Å². The van der Waals surface area contributed by atoms with Crippen LogP contribution in [0.2, 0.25) is 0 Å². The molecule has 0 unspecified atom stereocenters. The standard InChI is InChI=1S/C22H27N5O/c1-16-24-21(23-13-12-17-6-5-7-20(14-17)28-4)15-22(25-16)26-18-8-10-19(11-9-18)27(2)3/h5-11,14-15H,12-13H2,1-4H3,(H2,23,24,25,26). The van der Waals surface area contributed by atoms with Crippen LogP contribution in [0.5, 0.6) is 5.75 Å². The molecule has 0 saturated carbocycles. The number of hydrogen-bond acceptors (Lipinski definition) is 6. The van der Waals surface area contributed by atoms with Crippen LogP contribution in [0.3, 0.4) is 0 Å². The van der Waals surface area contributed by atoms with Gasteiger partial charge in [0.15, 0.2) is 0 Å². The highest BCUT2D eigenvalue weighted by molar-refractivity contribution is 5.62. The summed E-state index contributed by atoms with van der Waals surface area (Å²) in [4.78, 5) is 11.0. The molecule has 0 radical (unpaired) electrons. The highest BCUT2D eigenvalue weighted by atomic mass is 16.5. The molecule has 28 heavy (non-hydrogen) atoms. The molecule has 0 atom stereocenters. The Kier molecular flexibility index (Phi) is 6.32. The van der Waals surface area contributed by atoms with Gasteiger partial charge in [0, 0.05) is 38.1 Å². The average Bonchev–Trinajstić information content (AvgIpc) is 2.68. The topological polar surface area (TPSA) is 62.3 Å². The summed E-state index contributed by atoms with van der Waals surface area (Å²) in [6, 6.07) is 18.3. The van der Waals surface area contributed by atoms with E-state index in [1.54, 1.807) is 7.11 Å². The summed E-state index contributed by atoms with van der Waals surface area (Å²) in [5.74, 6) is 3.18. The normalized spacial score (nSPS) is 10.4. The first-order valence-corrected chi connectivity index (χ1v) is 9.30. The van der Waals surface area contributed by atoms with E-state index in [2.05, 4.69) is 49.8 Å². The number of benzene rings is 2. The first-order chi connectivity index (χ1) is 13.5. The van der Waals surface area contributed by atoms with E-state index in [9.17, 15) is 0 Å². The van der Waals surface area contributed by atoms with Gasteiger partial charge in [-0.25, -0.2) is 9.97 Å². The average molecular weight is 377 g/mol. The number of ether oxygens (including phenoxy) is 1. The van der Waals surface area contributed by atoms with Crippen molar-refractivity contribution < 1.29 is 4.74 Å². The summed E-state index contributed by atoms with van der Waals surface area (Å²) in [6.45, 7) is 2.67. The fraction of sp³-hybridized carbons (Fsp3) is 0.273. The minimum Gasteiger partial charge on any atom is -0.497 e. The number of aromatic nitrogens is 2. The Bertz CT molecular complexity index is 909. The molecule has 0 aliphatic heterocycles. The lowest BCUT2D eigenvalue weighted by Gasteiger charge is -2.14. The van der Waals surface area contributed by atoms with E-state index >= 15 is 0 Å². The molecule has 0 amide bonds. The van der Waals surface area contributed by atoms with Crippen molar-refractivity contribution in [2.75, 3.05) is 43.3 Å². The number of rotatable bonds is 8. The smallest absolute Gasteiger partial charge is 0.136 e. The van der Waals surface area contributed by atoms with Gasteiger partial charge in [-0.05, 0) is 55.3 Å². The molecule has 2 aromatic carbocycles. The summed E-state index contributed by atoms with van der Waals surface area (Å²) < 4.78 is 5.28. The van der Waals surface area contributed by atoms with Crippen molar-refractivity contribution in [1.29, 1.82) is 0 Å². The second-order valence-electron chi connectivity index (χ2n) is 6.78. The molecule has 1 aromatic heterocycles. The predicted molar refractivity (Wildman–Crippen MR) is 116 cm³/mol. The largest absolute Gasteiger partial charge is 0.497 e. The summed E-state index contributed by atoms with van der Waals surface area (Å²) in [5, 5.41) is 6.73. The van der Waals surface area contributed by atoms with Gasteiger partial charge >= 0.3 is 0 Å². The van der Waals surface area contributed by atoms with Crippen molar-refractivity contribution in [3.8, 4) is 5.75 Å². The fourth-order valence-electron chi connectivity index (χ4n) is 2.88. The van der Waals surface area contributed by atoms with Gasteiger partial charge in [0.05, 0.1) is 7.11 Å². The number of anilines is 4. The number of aryl methyl sites for hydroxylation is 1. The van der Waals surface area contributed by atoms with Crippen LogP contribution in [0.15, 0.2) is 54.6 Å². The molecule has 0 aliphatic rings. The van der Waals surface area contributed by atoms with Gasteiger partial charge in [-0.1, -0.05) is 12.1 Å². The van der Waals surface area contributed by atoms with Crippen molar-refractivity contribution >= 4 is 23.0 Å². The van der Waals surface area contributed by atoms with Crippen molar-refractivity contribution in [3.05, 3.63) is 66.0 Å². The molecule has 6 heteroatoms. The van der Waals surface area contributed by atoms with Crippen LogP contribution in [-0.2, 0) is 6.42 Å². The van der Waals surface area contributed by atoms with Gasteiger partial charge in [0.1, 0.15) is 23.2 Å². The third-order valence-corrected chi connectivity index (χ3v) is 4.35. The van der Waals surface area contributed by atoms with Gasteiger partial charge in [-0.3, -0.25) is 0 Å². The Labute approximate surface area is 166 Å². The molecule has 0 spiro atoms. The Morgan fingerprint density at radius 2 is 1.71 bits per heavy atom. The molecule has 0 fully saturated rings. The lowest BCUT2D eigenvalue weighted by molar-refractivity contribution is 0.414. The Morgan fingerprint density at radius 1 is 0.964 bits per heavy atom. The lowest BCUT2D eigenvalue weighted by Crippen LogP contribution is -2.09. The molecule has 0 aliphatic carbocycles. The zero-order valence-electron chi connectivity index (χ0n) is 16.9. The van der Waals surface area contributed by atoms with Gasteiger partial charge in [-0.2, -0.15) is 0 Å². The van der Waals surface area contributed by atoms with E-state index in [0.29, 0.717) is 0 Å². The van der Waals surface area contributed by atoms with Crippen molar-refractivity contribution in [3.63, 3.8) is 0 Å². The second-order valence-corrected chi connectivity index (χ2v) is 6.78. The van der Waals surface area contributed by atoms with E-state index in [0.717, 1.165) is 47.5 Å². The first-order valence-electron chi connectivity index (χ1n) is 9.30. The number of nitrogens with one attached hydrogen (secondary N) is 2. The number of nitrogens with zero attached hydrogens (tertiary/aromatic N) is 3. The maximum atomic E-state index is 5.28. The van der Waals surface area contributed by atoms with Crippen LogP contribution in [0, 0.1) is 6.92 Å². The molecule has 2 N–H and O–H groups in total. The zero-order chi connectivity index (χ0) is 19.9. The monoisotopic (exact) mass is 377 g/mol. The summed E-state index contributed by atoms with van der Waals surface area (Å²) >= 11 is 0. The number of hydrogen-bond donors (Lipinski definition) is 2. The maximum Gasteiger partial charge on any atom is 0.136 e. The summed E-state index contributed by atoms with van der Waals surface area (Å²) in [5.41, 5.74) is 3.37. The molecular formula is C22H27N5O. The zero-order valence-corrected chi connectivity index (χ0v) is 16.9. The van der Waals surface area contributed by atoms with Crippen LogP contribution < -0.4 is 20.3 Å². The van der Waals surface area contributed by atoms with Crippen molar-refractivity contribution in [2.24, 2.45) is 0 Å². The molecule has 6 nitrogen and oxygen atoms in total.